The molecule has 15 heavy (non-hydrogen) atoms. The Morgan fingerprint density at radius 1 is 1.40 bits per heavy atom. The Kier molecular flexibility index (Phi) is 4.65. The Balaban J connectivity index is 2.26. The second-order valence-electron chi connectivity index (χ2n) is 3.45. The predicted molar refractivity (Wildman–Crippen MR) is 59.6 cm³/mol. The smallest absolute Gasteiger partial charge is 0.119 e. The summed E-state index contributed by atoms with van der Waals surface area (Å²) in [4.78, 5) is 1.96. The van der Waals surface area contributed by atoms with Gasteiger partial charge in [0.2, 0.25) is 0 Å². The molecule has 0 N–H and O–H groups in total. The predicted octanol–water partition coefficient (Wildman–Crippen LogP) is 1.91. The summed E-state index contributed by atoms with van der Waals surface area (Å²) in [5.74, 6) is 0.871. The summed E-state index contributed by atoms with van der Waals surface area (Å²) in [5, 5.41) is 8.69. The number of rotatable bonds is 5. The van der Waals surface area contributed by atoms with Crippen molar-refractivity contribution in [2.45, 2.75) is 13.0 Å². The van der Waals surface area contributed by atoms with E-state index in [9.17, 15) is 0 Å². The summed E-state index contributed by atoms with van der Waals surface area (Å²) in [6, 6.07) is 11.8. The molecule has 0 heterocycles. The molecule has 80 valence electrons. The highest BCUT2D eigenvalue weighted by Gasteiger charge is 2.06. The van der Waals surface area contributed by atoms with Gasteiger partial charge in [0.05, 0.1) is 12.1 Å². The van der Waals surface area contributed by atoms with E-state index >= 15 is 0 Å². The molecule has 1 aromatic rings. The number of likely N-dealkylation sites (N-methyl/N-ethyl adjacent to an activating group) is 1. The largest absolute Gasteiger partial charge is 0.492 e. The number of para-hydroxylation sites is 1. The maximum atomic E-state index is 8.69. The summed E-state index contributed by atoms with van der Waals surface area (Å²) in [7, 11) is 1.92. The van der Waals surface area contributed by atoms with Crippen LogP contribution in [0.4, 0.5) is 0 Å². The van der Waals surface area contributed by atoms with Crippen LogP contribution in [0.3, 0.4) is 0 Å². The summed E-state index contributed by atoms with van der Waals surface area (Å²) < 4.78 is 5.52. The first-order chi connectivity index (χ1) is 7.24. The highest BCUT2D eigenvalue weighted by Crippen LogP contribution is 2.07. The second-order valence-corrected chi connectivity index (χ2v) is 3.45. The van der Waals surface area contributed by atoms with E-state index in [-0.39, 0.29) is 6.04 Å². The lowest BCUT2D eigenvalue weighted by Crippen LogP contribution is -2.31. The Morgan fingerprint density at radius 2 is 2.07 bits per heavy atom. The monoisotopic (exact) mass is 204 g/mol. The van der Waals surface area contributed by atoms with Crippen LogP contribution in [0, 0.1) is 11.3 Å². The maximum absolute atomic E-state index is 8.69. The molecular formula is C12H16N2O. The van der Waals surface area contributed by atoms with Crippen molar-refractivity contribution in [1.29, 1.82) is 5.26 Å². The molecule has 1 aromatic carbocycles. The molecule has 0 saturated heterocycles. The van der Waals surface area contributed by atoms with Crippen LogP contribution in [-0.2, 0) is 0 Å². The summed E-state index contributed by atoms with van der Waals surface area (Å²) in [6.45, 7) is 3.23. The molecule has 0 spiro atoms. The molecule has 0 saturated carbocycles. The van der Waals surface area contributed by atoms with E-state index in [0.717, 1.165) is 12.3 Å². The van der Waals surface area contributed by atoms with Crippen LogP contribution in [0.25, 0.3) is 0 Å². The highest BCUT2D eigenvalue weighted by atomic mass is 16.5. The minimum atomic E-state index is -0.0654. The fraction of sp³-hybridized carbons (Fsp3) is 0.417. The average molecular weight is 204 g/mol. The molecule has 1 atom stereocenters. The topological polar surface area (TPSA) is 36.3 Å². The van der Waals surface area contributed by atoms with Crippen molar-refractivity contribution in [2.24, 2.45) is 0 Å². The number of benzene rings is 1. The van der Waals surface area contributed by atoms with E-state index in [2.05, 4.69) is 6.07 Å². The zero-order valence-corrected chi connectivity index (χ0v) is 9.18. The van der Waals surface area contributed by atoms with Crippen LogP contribution in [-0.4, -0.2) is 31.1 Å². The Morgan fingerprint density at radius 3 is 2.67 bits per heavy atom. The van der Waals surface area contributed by atoms with E-state index < -0.39 is 0 Å². The molecule has 0 aliphatic carbocycles. The van der Waals surface area contributed by atoms with Crippen LogP contribution in [0.1, 0.15) is 6.92 Å². The van der Waals surface area contributed by atoms with Crippen LogP contribution in [0.2, 0.25) is 0 Å². The van der Waals surface area contributed by atoms with Gasteiger partial charge in [-0.2, -0.15) is 5.26 Å². The van der Waals surface area contributed by atoms with Crippen LogP contribution in [0.5, 0.6) is 5.75 Å². The molecule has 0 aliphatic rings. The van der Waals surface area contributed by atoms with Gasteiger partial charge in [0, 0.05) is 6.54 Å². The molecule has 3 heteroatoms. The average Bonchev–Trinajstić information content (AvgIpc) is 2.29. The van der Waals surface area contributed by atoms with E-state index in [4.69, 9.17) is 10.00 Å². The minimum Gasteiger partial charge on any atom is -0.492 e. The van der Waals surface area contributed by atoms with Crippen molar-refractivity contribution in [2.75, 3.05) is 20.2 Å². The Labute approximate surface area is 90.9 Å². The standard InChI is InChI=1S/C12H16N2O/c1-11(10-13)14(2)8-9-15-12-6-4-3-5-7-12/h3-7,11H,8-9H2,1-2H3. The zero-order valence-electron chi connectivity index (χ0n) is 9.18. The normalized spacial score (nSPS) is 12.1. The van der Waals surface area contributed by atoms with Crippen molar-refractivity contribution in [3.05, 3.63) is 30.3 Å². The van der Waals surface area contributed by atoms with Gasteiger partial charge in [-0.1, -0.05) is 18.2 Å². The van der Waals surface area contributed by atoms with E-state index in [1.807, 2.05) is 49.2 Å². The van der Waals surface area contributed by atoms with Gasteiger partial charge in [0.15, 0.2) is 0 Å². The lowest BCUT2D eigenvalue weighted by molar-refractivity contribution is 0.222. The fourth-order valence-corrected chi connectivity index (χ4v) is 1.12. The molecule has 0 radical (unpaired) electrons. The molecule has 0 aliphatic heterocycles. The van der Waals surface area contributed by atoms with Gasteiger partial charge < -0.3 is 4.74 Å². The number of ether oxygens (including phenoxy) is 1. The Bertz CT molecular complexity index is 318. The van der Waals surface area contributed by atoms with Crippen LogP contribution >= 0.6 is 0 Å². The highest BCUT2D eigenvalue weighted by molar-refractivity contribution is 5.20. The number of nitrogens with zero attached hydrogens (tertiary/aromatic N) is 2. The van der Waals surface area contributed by atoms with Gasteiger partial charge >= 0.3 is 0 Å². The molecule has 0 amide bonds. The van der Waals surface area contributed by atoms with E-state index in [1.54, 1.807) is 0 Å². The molecule has 0 fully saturated rings. The number of nitriles is 1. The fourth-order valence-electron chi connectivity index (χ4n) is 1.12. The van der Waals surface area contributed by atoms with Crippen molar-refractivity contribution in [3.63, 3.8) is 0 Å². The summed E-state index contributed by atoms with van der Waals surface area (Å²) in [6.07, 6.45) is 0. The summed E-state index contributed by atoms with van der Waals surface area (Å²) >= 11 is 0. The molecule has 1 unspecified atom stereocenters. The van der Waals surface area contributed by atoms with Gasteiger partial charge in [-0.25, -0.2) is 0 Å². The van der Waals surface area contributed by atoms with Crippen LogP contribution in [0.15, 0.2) is 30.3 Å². The first kappa shape index (κ1) is 11.5. The zero-order chi connectivity index (χ0) is 11.1. The third-order valence-electron chi connectivity index (χ3n) is 2.30. The number of hydrogen-bond donors (Lipinski definition) is 0. The summed E-state index contributed by atoms with van der Waals surface area (Å²) in [5.41, 5.74) is 0. The molecule has 0 bridgehead atoms. The van der Waals surface area contributed by atoms with Crippen LogP contribution < -0.4 is 4.74 Å². The third kappa shape index (κ3) is 4.01. The first-order valence-corrected chi connectivity index (χ1v) is 5.01. The first-order valence-electron chi connectivity index (χ1n) is 5.01. The van der Waals surface area contributed by atoms with E-state index in [1.165, 1.54) is 0 Å². The van der Waals surface area contributed by atoms with Gasteiger partial charge in [0.25, 0.3) is 0 Å². The van der Waals surface area contributed by atoms with Gasteiger partial charge in [-0.15, -0.1) is 0 Å². The van der Waals surface area contributed by atoms with Crippen molar-refractivity contribution < 1.29 is 4.74 Å². The molecule has 0 aromatic heterocycles. The lowest BCUT2D eigenvalue weighted by Gasteiger charge is -2.18. The lowest BCUT2D eigenvalue weighted by atomic mass is 10.3. The van der Waals surface area contributed by atoms with Gasteiger partial charge in [0.1, 0.15) is 12.4 Å². The maximum Gasteiger partial charge on any atom is 0.119 e. The minimum absolute atomic E-state index is 0.0654. The van der Waals surface area contributed by atoms with Crippen molar-refractivity contribution >= 4 is 0 Å². The third-order valence-corrected chi connectivity index (χ3v) is 2.30. The van der Waals surface area contributed by atoms with Crippen molar-refractivity contribution in [3.8, 4) is 11.8 Å². The van der Waals surface area contributed by atoms with E-state index in [0.29, 0.717) is 6.61 Å². The molecule has 3 nitrogen and oxygen atoms in total. The molecular weight excluding hydrogens is 188 g/mol. The second kappa shape index (κ2) is 6.05. The quantitative estimate of drug-likeness (QED) is 0.735. The number of hydrogen-bond acceptors (Lipinski definition) is 3. The van der Waals surface area contributed by atoms with Crippen molar-refractivity contribution in [1.82, 2.24) is 4.90 Å². The SMILES string of the molecule is CC(C#N)N(C)CCOc1ccccc1. The Hall–Kier alpha value is -1.53. The molecule has 1 rings (SSSR count). The van der Waals surface area contributed by atoms with Gasteiger partial charge in [-0.3, -0.25) is 4.90 Å². The van der Waals surface area contributed by atoms with Gasteiger partial charge in [-0.05, 0) is 26.1 Å².